The standard InChI is InChI=1S/C40H43N2O5P/c1-28-13-17-35(29(2)23-28)38(32-14-15-32)42-39(43)40(20-21-40)34-16-18-37-36(24-34)33(25-41-37)19-22-45-48(44,46-26-30-9-5-3-6-10-30)47-27-31-11-7-4-8-12-31/h3-13,16-18,23-25,32,38,41H,14-15,19-22,26-27H2,1-2H3,(H,42,43). The first-order valence-electron chi connectivity index (χ1n) is 16.9. The highest BCUT2D eigenvalue weighted by Crippen LogP contribution is 2.52. The number of carbonyl (C=O) groups is 1. The van der Waals surface area contributed by atoms with Gasteiger partial charge in [0.15, 0.2) is 0 Å². The number of aromatic nitrogens is 1. The van der Waals surface area contributed by atoms with Crippen molar-refractivity contribution < 1.29 is 22.9 Å². The summed E-state index contributed by atoms with van der Waals surface area (Å²) >= 11 is 0. The zero-order chi connectivity index (χ0) is 33.1. The topological polar surface area (TPSA) is 89.7 Å². The number of benzene rings is 4. The second-order valence-corrected chi connectivity index (χ2v) is 15.0. The number of fused-ring (bicyclic) bond motifs is 1. The highest BCUT2D eigenvalue weighted by molar-refractivity contribution is 7.48. The SMILES string of the molecule is Cc1ccc(C(NC(=O)C2(c3ccc4[nH]cc(CCOP(=O)(OCc5ccccc5)OCc5ccccc5)c4c3)CC2)C2CC2)c(C)c1. The van der Waals surface area contributed by atoms with E-state index in [1.807, 2.05) is 66.9 Å². The summed E-state index contributed by atoms with van der Waals surface area (Å²) < 4.78 is 31.3. The zero-order valence-electron chi connectivity index (χ0n) is 27.6. The third-order valence-electron chi connectivity index (χ3n) is 9.73. The van der Waals surface area contributed by atoms with Crippen LogP contribution in [0.3, 0.4) is 0 Å². The third-order valence-corrected chi connectivity index (χ3v) is 11.1. The van der Waals surface area contributed by atoms with E-state index in [2.05, 4.69) is 60.5 Å². The predicted molar refractivity (Wildman–Crippen MR) is 188 cm³/mol. The van der Waals surface area contributed by atoms with Crippen molar-refractivity contribution in [1.82, 2.24) is 10.3 Å². The molecule has 1 unspecified atom stereocenters. The first-order valence-corrected chi connectivity index (χ1v) is 18.4. The van der Waals surface area contributed by atoms with E-state index in [1.165, 1.54) is 16.7 Å². The van der Waals surface area contributed by atoms with E-state index < -0.39 is 13.2 Å². The first kappa shape index (κ1) is 32.5. The van der Waals surface area contributed by atoms with Gasteiger partial charge in [-0.05, 0) is 97.4 Å². The van der Waals surface area contributed by atoms with Crippen LogP contribution in [0.25, 0.3) is 10.9 Å². The Bertz CT molecular complexity index is 1880. The van der Waals surface area contributed by atoms with Gasteiger partial charge in [-0.2, -0.15) is 0 Å². The molecule has 0 aliphatic heterocycles. The Kier molecular flexibility index (Phi) is 9.39. The van der Waals surface area contributed by atoms with Crippen molar-refractivity contribution in [3.8, 4) is 0 Å². The molecule has 5 aromatic rings. The molecule has 0 bridgehead atoms. The van der Waals surface area contributed by atoms with Crippen molar-refractivity contribution >= 4 is 24.6 Å². The molecule has 0 saturated heterocycles. The fourth-order valence-corrected chi connectivity index (χ4v) is 7.78. The van der Waals surface area contributed by atoms with Crippen molar-refractivity contribution in [2.45, 2.75) is 70.6 Å². The van der Waals surface area contributed by atoms with Gasteiger partial charge in [-0.25, -0.2) is 4.57 Å². The molecular formula is C40H43N2O5P. The number of hydrogen-bond donors (Lipinski definition) is 2. The van der Waals surface area contributed by atoms with E-state index in [0.717, 1.165) is 58.8 Å². The fraction of sp³-hybridized carbons (Fsp3) is 0.325. The van der Waals surface area contributed by atoms with E-state index in [0.29, 0.717) is 12.3 Å². The Morgan fingerprint density at radius 3 is 2.15 bits per heavy atom. The van der Waals surface area contributed by atoms with Crippen molar-refractivity contribution in [2.24, 2.45) is 5.92 Å². The zero-order valence-corrected chi connectivity index (χ0v) is 28.5. The molecule has 1 aromatic heterocycles. The predicted octanol–water partition coefficient (Wildman–Crippen LogP) is 9.18. The van der Waals surface area contributed by atoms with Crippen molar-refractivity contribution in [3.05, 3.63) is 142 Å². The number of rotatable bonds is 15. The molecular weight excluding hydrogens is 619 g/mol. The number of nitrogens with one attached hydrogen (secondary N) is 2. The van der Waals surface area contributed by atoms with Crippen LogP contribution in [-0.4, -0.2) is 17.5 Å². The lowest BCUT2D eigenvalue weighted by molar-refractivity contribution is -0.124. The minimum atomic E-state index is -3.88. The summed E-state index contributed by atoms with van der Waals surface area (Å²) in [7, 11) is -3.88. The minimum absolute atomic E-state index is 0.0446. The van der Waals surface area contributed by atoms with Gasteiger partial charge in [0.1, 0.15) is 0 Å². The van der Waals surface area contributed by atoms with Crippen LogP contribution in [0.2, 0.25) is 0 Å². The lowest BCUT2D eigenvalue weighted by Gasteiger charge is -2.25. The molecule has 7 nitrogen and oxygen atoms in total. The van der Waals surface area contributed by atoms with Gasteiger partial charge < -0.3 is 10.3 Å². The number of hydrogen-bond acceptors (Lipinski definition) is 5. The van der Waals surface area contributed by atoms with Crippen LogP contribution in [0.1, 0.15) is 70.7 Å². The van der Waals surface area contributed by atoms with Gasteiger partial charge in [0.25, 0.3) is 0 Å². The van der Waals surface area contributed by atoms with Crippen LogP contribution in [0.5, 0.6) is 0 Å². The lowest BCUT2D eigenvalue weighted by Crippen LogP contribution is -2.38. The summed E-state index contributed by atoms with van der Waals surface area (Å²) in [6.45, 7) is 4.61. The van der Waals surface area contributed by atoms with Crippen LogP contribution in [0.4, 0.5) is 0 Å². The second-order valence-electron chi connectivity index (χ2n) is 13.4. The molecule has 2 aliphatic carbocycles. The highest BCUT2D eigenvalue weighted by Gasteiger charge is 2.52. The van der Waals surface area contributed by atoms with Crippen molar-refractivity contribution in [1.29, 1.82) is 0 Å². The fourth-order valence-electron chi connectivity index (χ4n) is 6.62. The number of phosphoric acid groups is 1. The van der Waals surface area contributed by atoms with E-state index in [-0.39, 0.29) is 31.8 Å². The Morgan fingerprint density at radius 2 is 1.54 bits per heavy atom. The van der Waals surface area contributed by atoms with E-state index >= 15 is 0 Å². The summed E-state index contributed by atoms with van der Waals surface area (Å²) in [6.07, 6.45) is 6.41. The van der Waals surface area contributed by atoms with E-state index in [9.17, 15) is 9.36 Å². The van der Waals surface area contributed by atoms with Gasteiger partial charge in [0, 0.05) is 17.1 Å². The molecule has 248 valence electrons. The van der Waals surface area contributed by atoms with Crippen LogP contribution in [0, 0.1) is 19.8 Å². The number of H-pyrrole nitrogens is 1. The van der Waals surface area contributed by atoms with Gasteiger partial charge >= 0.3 is 7.82 Å². The molecule has 2 saturated carbocycles. The maximum atomic E-state index is 14.0. The number of aromatic amines is 1. The summed E-state index contributed by atoms with van der Waals surface area (Å²) in [4.78, 5) is 17.4. The number of amides is 1. The Balaban J connectivity index is 1.04. The molecule has 2 fully saturated rings. The monoisotopic (exact) mass is 662 g/mol. The normalized spacial score (nSPS) is 16.1. The molecule has 48 heavy (non-hydrogen) atoms. The number of carbonyl (C=O) groups excluding carboxylic acids is 1. The van der Waals surface area contributed by atoms with Gasteiger partial charge in [-0.3, -0.25) is 18.4 Å². The molecule has 2 N–H and O–H groups in total. The number of phosphoric ester groups is 1. The summed E-state index contributed by atoms with van der Waals surface area (Å²) in [5, 5.41) is 4.52. The molecule has 4 aromatic carbocycles. The van der Waals surface area contributed by atoms with Gasteiger partial charge in [0.05, 0.1) is 31.3 Å². The van der Waals surface area contributed by atoms with Crippen LogP contribution in [0.15, 0.2) is 103 Å². The maximum Gasteiger partial charge on any atom is 0.475 e. The van der Waals surface area contributed by atoms with Crippen LogP contribution >= 0.6 is 7.82 Å². The van der Waals surface area contributed by atoms with Gasteiger partial charge in [-0.15, -0.1) is 0 Å². The minimum Gasteiger partial charge on any atom is -0.361 e. The van der Waals surface area contributed by atoms with E-state index in [4.69, 9.17) is 13.6 Å². The summed E-state index contributed by atoms with van der Waals surface area (Å²) in [5.41, 5.74) is 7.98. The molecule has 2 aliphatic rings. The Hall–Kier alpha value is -4.00. The Morgan fingerprint density at radius 1 is 0.875 bits per heavy atom. The number of aryl methyl sites for hydroxylation is 2. The van der Waals surface area contributed by atoms with Crippen LogP contribution < -0.4 is 5.32 Å². The average molecular weight is 663 g/mol. The lowest BCUT2D eigenvalue weighted by atomic mass is 9.91. The molecule has 1 heterocycles. The average Bonchev–Trinajstić information content (AvgIpc) is 4.05. The third kappa shape index (κ3) is 7.35. The quantitative estimate of drug-likeness (QED) is 0.109. The second kappa shape index (κ2) is 13.9. The maximum absolute atomic E-state index is 14.0. The van der Waals surface area contributed by atoms with Crippen molar-refractivity contribution in [2.75, 3.05) is 6.61 Å². The van der Waals surface area contributed by atoms with Gasteiger partial charge in [0.2, 0.25) is 5.91 Å². The molecule has 1 amide bonds. The smallest absolute Gasteiger partial charge is 0.361 e. The van der Waals surface area contributed by atoms with Gasteiger partial charge in [-0.1, -0.05) is 90.5 Å². The molecule has 1 atom stereocenters. The molecule has 0 spiro atoms. The largest absolute Gasteiger partial charge is 0.475 e. The first-order chi connectivity index (χ1) is 23.3. The highest BCUT2D eigenvalue weighted by atomic mass is 31.2. The summed E-state index contributed by atoms with van der Waals surface area (Å²) in [6, 6.07) is 32.0. The summed E-state index contributed by atoms with van der Waals surface area (Å²) in [5.74, 6) is 0.612. The van der Waals surface area contributed by atoms with Crippen LogP contribution in [-0.2, 0) is 48.0 Å². The molecule has 8 heteroatoms. The van der Waals surface area contributed by atoms with Crippen molar-refractivity contribution in [3.63, 3.8) is 0 Å². The van der Waals surface area contributed by atoms with E-state index in [1.54, 1.807) is 0 Å². The Labute approximate surface area is 282 Å². The molecule has 0 radical (unpaired) electrons. The molecule has 7 rings (SSSR count).